The minimum Gasteiger partial charge on any atom is -0.389 e. The van der Waals surface area contributed by atoms with E-state index in [1.807, 2.05) is 13.8 Å². The fourth-order valence-electron chi connectivity index (χ4n) is 2.34. The number of nitrogens with zero attached hydrogens (tertiary/aromatic N) is 1. The van der Waals surface area contributed by atoms with Crippen molar-refractivity contribution >= 4 is 0 Å². The predicted octanol–water partition coefficient (Wildman–Crippen LogP) is 0.832. The van der Waals surface area contributed by atoms with E-state index in [4.69, 9.17) is 10.5 Å². The Labute approximate surface area is 105 Å². The van der Waals surface area contributed by atoms with Crippen LogP contribution < -0.4 is 5.73 Å². The van der Waals surface area contributed by atoms with Crippen molar-refractivity contribution in [3.05, 3.63) is 0 Å². The number of ether oxygens (including phenoxy) is 1. The number of aliphatic hydroxyl groups is 1. The van der Waals surface area contributed by atoms with Crippen LogP contribution in [0.3, 0.4) is 0 Å². The van der Waals surface area contributed by atoms with Crippen LogP contribution in [0.15, 0.2) is 0 Å². The number of hydrogen-bond donors (Lipinski definition) is 2. The van der Waals surface area contributed by atoms with Crippen molar-refractivity contribution in [3.8, 4) is 0 Å². The molecule has 0 spiro atoms. The summed E-state index contributed by atoms with van der Waals surface area (Å²) >= 11 is 0. The molecule has 4 nitrogen and oxygen atoms in total. The van der Waals surface area contributed by atoms with Gasteiger partial charge in [0.15, 0.2) is 0 Å². The van der Waals surface area contributed by atoms with Gasteiger partial charge >= 0.3 is 0 Å². The molecule has 0 amide bonds. The van der Waals surface area contributed by atoms with E-state index < -0.39 is 6.10 Å². The molecule has 1 heterocycles. The standard InChI is InChI=1S/C13H28N2O2/c1-10(2)17-9-13(16)8-15-7-12(6-14)5-4-11(15)3/h10-13,16H,4-9,14H2,1-3H3. The quantitative estimate of drug-likeness (QED) is 0.726. The smallest absolute Gasteiger partial charge is 0.0900 e. The van der Waals surface area contributed by atoms with Crippen LogP contribution in [0.4, 0.5) is 0 Å². The Balaban J connectivity index is 2.32. The zero-order valence-electron chi connectivity index (χ0n) is 11.4. The molecule has 0 radical (unpaired) electrons. The lowest BCUT2D eigenvalue weighted by atomic mass is 9.93. The Hall–Kier alpha value is -0.160. The van der Waals surface area contributed by atoms with Gasteiger partial charge in [0, 0.05) is 19.1 Å². The molecule has 0 aromatic rings. The molecule has 0 aromatic heterocycles. The molecule has 3 unspecified atom stereocenters. The maximum absolute atomic E-state index is 9.93. The van der Waals surface area contributed by atoms with Gasteiger partial charge in [0.05, 0.1) is 18.8 Å². The summed E-state index contributed by atoms with van der Waals surface area (Å²) < 4.78 is 5.43. The van der Waals surface area contributed by atoms with Crippen LogP contribution in [0, 0.1) is 5.92 Å². The highest BCUT2D eigenvalue weighted by atomic mass is 16.5. The summed E-state index contributed by atoms with van der Waals surface area (Å²) in [7, 11) is 0. The number of hydrogen-bond acceptors (Lipinski definition) is 4. The van der Waals surface area contributed by atoms with E-state index in [1.54, 1.807) is 0 Å². The molecule has 17 heavy (non-hydrogen) atoms. The maximum atomic E-state index is 9.93. The van der Waals surface area contributed by atoms with Crippen LogP contribution in [0.25, 0.3) is 0 Å². The summed E-state index contributed by atoms with van der Waals surface area (Å²) in [6.45, 7) is 9.08. The van der Waals surface area contributed by atoms with Gasteiger partial charge in [-0.1, -0.05) is 0 Å². The highest BCUT2D eigenvalue weighted by molar-refractivity contribution is 4.80. The molecule has 1 saturated heterocycles. The number of aliphatic hydroxyl groups excluding tert-OH is 1. The van der Waals surface area contributed by atoms with Gasteiger partial charge in [0.1, 0.15) is 0 Å². The summed E-state index contributed by atoms with van der Waals surface area (Å²) in [6, 6.07) is 0.548. The fourth-order valence-corrected chi connectivity index (χ4v) is 2.34. The molecular weight excluding hydrogens is 216 g/mol. The molecule has 3 N–H and O–H groups in total. The number of piperidine rings is 1. The van der Waals surface area contributed by atoms with Crippen LogP contribution in [-0.2, 0) is 4.74 Å². The number of β-amino-alcohol motifs (C(OH)–C–C–N with tert-alkyl or cyclic N) is 1. The monoisotopic (exact) mass is 244 g/mol. The Kier molecular flexibility index (Phi) is 6.41. The maximum Gasteiger partial charge on any atom is 0.0900 e. The zero-order valence-corrected chi connectivity index (χ0v) is 11.4. The SMILES string of the molecule is CC(C)OCC(O)CN1CC(CN)CCC1C. The van der Waals surface area contributed by atoms with Crippen LogP contribution in [0.2, 0.25) is 0 Å². The molecule has 0 bridgehead atoms. The molecular formula is C13H28N2O2. The van der Waals surface area contributed by atoms with Gasteiger partial charge in [-0.2, -0.15) is 0 Å². The highest BCUT2D eigenvalue weighted by Gasteiger charge is 2.26. The second-order valence-electron chi connectivity index (χ2n) is 5.52. The third kappa shape index (κ3) is 5.34. The molecule has 1 aliphatic rings. The third-order valence-corrected chi connectivity index (χ3v) is 3.51. The van der Waals surface area contributed by atoms with E-state index >= 15 is 0 Å². The van der Waals surface area contributed by atoms with Crippen LogP contribution >= 0.6 is 0 Å². The van der Waals surface area contributed by atoms with E-state index in [2.05, 4.69) is 11.8 Å². The van der Waals surface area contributed by atoms with Crippen molar-refractivity contribution in [3.63, 3.8) is 0 Å². The first-order valence-electron chi connectivity index (χ1n) is 6.76. The summed E-state index contributed by atoms with van der Waals surface area (Å²) in [4.78, 5) is 2.34. The summed E-state index contributed by atoms with van der Waals surface area (Å²) in [5, 5.41) is 9.93. The first kappa shape index (κ1) is 14.9. The molecule has 3 atom stereocenters. The van der Waals surface area contributed by atoms with Gasteiger partial charge in [-0.05, 0) is 46.1 Å². The Morgan fingerprint density at radius 1 is 1.41 bits per heavy atom. The molecule has 0 saturated carbocycles. The van der Waals surface area contributed by atoms with Gasteiger partial charge in [0.25, 0.3) is 0 Å². The van der Waals surface area contributed by atoms with E-state index in [0.717, 1.165) is 13.1 Å². The van der Waals surface area contributed by atoms with E-state index in [-0.39, 0.29) is 6.10 Å². The molecule has 102 valence electrons. The van der Waals surface area contributed by atoms with Crippen molar-refractivity contribution in [2.75, 3.05) is 26.2 Å². The first-order valence-corrected chi connectivity index (χ1v) is 6.76. The van der Waals surface area contributed by atoms with E-state index in [9.17, 15) is 5.11 Å². The minimum absolute atomic E-state index is 0.181. The molecule has 1 fully saturated rings. The summed E-state index contributed by atoms with van der Waals surface area (Å²) in [5.74, 6) is 0.587. The molecule has 4 heteroatoms. The third-order valence-electron chi connectivity index (χ3n) is 3.51. The average molecular weight is 244 g/mol. The minimum atomic E-state index is -0.392. The van der Waals surface area contributed by atoms with Gasteiger partial charge in [-0.25, -0.2) is 0 Å². The van der Waals surface area contributed by atoms with E-state index in [0.29, 0.717) is 25.1 Å². The molecule has 1 aliphatic heterocycles. The van der Waals surface area contributed by atoms with Crippen LogP contribution in [0.5, 0.6) is 0 Å². The van der Waals surface area contributed by atoms with Crippen molar-refractivity contribution < 1.29 is 9.84 Å². The lowest BCUT2D eigenvalue weighted by Gasteiger charge is -2.38. The second kappa shape index (κ2) is 7.31. The summed E-state index contributed by atoms with van der Waals surface area (Å²) in [6.07, 6.45) is 2.18. The summed E-state index contributed by atoms with van der Waals surface area (Å²) in [5.41, 5.74) is 5.73. The number of nitrogens with two attached hydrogens (primary N) is 1. The van der Waals surface area contributed by atoms with Gasteiger partial charge in [-0.15, -0.1) is 0 Å². The molecule has 0 aliphatic carbocycles. The van der Waals surface area contributed by atoms with E-state index in [1.165, 1.54) is 12.8 Å². The van der Waals surface area contributed by atoms with Gasteiger partial charge < -0.3 is 15.6 Å². The first-order chi connectivity index (χ1) is 8.02. The Morgan fingerprint density at radius 2 is 2.12 bits per heavy atom. The average Bonchev–Trinajstić information content (AvgIpc) is 2.29. The van der Waals surface area contributed by atoms with Crippen molar-refractivity contribution in [2.24, 2.45) is 11.7 Å². The lowest BCUT2D eigenvalue weighted by Crippen LogP contribution is -2.47. The van der Waals surface area contributed by atoms with Crippen molar-refractivity contribution in [1.29, 1.82) is 0 Å². The topological polar surface area (TPSA) is 58.7 Å². The number of rotatable bonds is 6. The van der Waals surface area contributed by atoms with Crippen LogP contribution in [0.1, 0.15) is 33.6 Å². The van der Waals surface area contributed by atoms with Crippen molar-refractivity contribution in [1.82, 2.24) is 4.90 Å². The largest absolute Gasteiger partial charge is 0.389 e. The molecule has 1 rings (SSSR count). The second-order valence-corrected chi connectivity index (χ2v) is 5.52. The zero-order chi connectivity index (χ0) is 12.8. The normalized spacial score (nSPS) is 28.6. The van der Waals surface area contributed by atoms with Gasteiger partial charge in [0.2, 0.25) is 0 Å². The molecule has 0 aromatic carbocycles. The lowest BCUT2D eigenvalue weighted by molar-refractivity contribution is -0.0211. The Bertz CT molecular complexity index is 212. The van der Waals surface area contributed by atoms with Crippen LogP contribution in [-0.4, -0.2) is 54.5 Å². The number of likely N-dealkylation sites (tertiary alicyclic amines) is 1. The predicted molar refractivity (Wildman–Crippen MR) is 69.9 cm³/mol. The van der Waals surface area contributed by atoms with Gasteiger partial charge in [-0.3, -0.25) is 4.90 Å². The fraction of sp³-hybridized carbons (Fsp3) is 1.00. The van der Waals surface area contributed by atoms with Crippen molar-refractivity contribution in [2.45, 2.75) is 51.9 Å². The highest BCUT2D eigenvalue weighted by Crippen LogP contribution is 2.21. The Morgan fingerprint density at radius 3 is 2.71 bits per heavy atom.